The van der Waals surface area contributed by atoms with Gasteiger partial charge in [0.25, 0.3) is 0 Å². The van der Waals surface area contributed by atoms with Crippen LogP contribution in [0.2, 0.25) is 0 Å². The third kappa shape index (κ3) is 2.64. The minimum absolute atomic E-state index is 0.0244. The van der Waals surface area contributed by atoms with Crippen LogP contribution in [0.4, 0.5) is 5.82 Å². The van der Waals surface area contributed by atoms with Gasteiger partial charge in [-0.3, -0.25) is 4.79 Å². The number of piperidine rings is 1. The minimum Gasteiger partial charge on any atom is -0.391 e. The number of β-amino-alcohol motifs (C(OH)–C–C–N with tert-alkyl or cyclic N) is 1. The molecule has 92 valence electrons. The second-order valence-electron chi connectivity index (χ2n) is 4.74. The van der Waals surface area contributed by atoms with E-state index in [-0.39, 0.29) is 11.9 Å². The molecule has 1 saturated heterocycles. The molecule has 2 unspecified atom stereocenters. The number of nitrogens with zero attached hydrogens (tertiary/aromatic N) is 2. The molecular formula is C13H18N2O2. The number of hydrogen-bond donors (Lipinski definition) is 1. The number of Topliss-reactive ketones (excluding diaryl/α,β-unsaturated/α-hetero) is 1. The molecule has 2 rings (SSSR count). The number of rotatable bonds is 2. The summed E-state index contributed by atoms with van der Waals surface area (Å²) < 4.78 is 0. The summed E-state index contributed by atoms with van der Waals surface area (Å²) in [5.74, 6) is 1.21. The molecule has 2 heterocycles. The first kappa shape index (κ1) is 12.0. The quantitative estimate of drug-likeness (QED) is 0.788. The normalized spacial score (nSPS) is 24.8. The Morgan fingerprint density at radius 2 is 2.29 bits per heavy atom. The summed E-state index contributed by atoms with van der Waals surface area (Å²) in [5, 5.41) is 9.83. The fourth-order valence-electron chi connectivity index (χ4n) is 2.04. The maximum Gasteiger partial charge on any atom is 0.161 e. The third-order valence-electron chi connectivity index (χ3n) is 3.40. The molecule has 0 saturated carbocycles. The molecular weight excluding hydrogens is 216 g/mol. The van der Waals surface area contributed by atoms with Crippen LogP contribution >= 0.6 is 0 Å². The summed E-state index contributed by atoms with van der Waals surface area (Å²) in [5.41, 5.74) is 0.625. The lowest BCUT2D eigenvalue weighted by molar-refractivity contribution is 0.101. The number of ketones is 1. The van der Waals surface area contributed by atoms with Crippen molar-refractivity contribution in [2.24, 2.45) is 5.92 Å². The fraction of sp³-hybridized carbons (Fsp3) is 0.538. The van der Waals surface area contributed by atoms with Crippen molar-refractivity contribution < 1.29 is 9.90 Å². The van der Waals surface area contributed by atoms with Crippen LogP contribution in [-0.2, 0) is 0 Å². The van der Waals surface area contributed by atoms with Crippen LogP contribution in [0.5, 0.6) is 0 Å². The third-order valence-corrected chi connectivity index (χ3v) is 3.40. The number of aliphatic hydroxyl groups is 1. The maximum absolute atomic E-state index is 11.1. The first-order valence-corrected chi connectivity index (χ1v) is 5.98. The smallest absolute Gasteiger partial charge is 0.161 e. The highest BCUT2D eigenvalue weighted by Gasteiger charge is 2.24. The molecule has 1 aromatic heterocycles. The van der Waals surface area contributed by atoms with Gasteiger partial charge in [0.05, 0.1) is 6.10 Å². The lowest BCUT2D eigenvalue weighted by Gasteiger charge is -2.35. The van der Waals surface area contributed by atoms with Crippen molar-refractivity contribution in [3.8, 4) is 0 Å². The molecule has 4 nitrogen and oxygen atoms in total. The molecule has 17 heavy (non-hydrogen) atoms. The Morgan fingerprint density at radius 1 is 1.53 bits per heavy atom. The van der Waals surface area contributed by atoms with E-state index in [1.54, 1.807) is 12.3 Å². The summed E-state index contributed by atoms with van der Waals surface area (Å²) in [6.07, 6.45) is 2.28. The second kappa shape index (κ2) is 4.84. The summed E-state index contributed by atoms with van der Waals surface area (Å²) >= 11 is 0. The molecule has 0 aromatic carbocycles. The zero-order chi connectivity index (χ0) is 12.4. The zero-order valence-corrected chi connectivity index (χ0v) is 10.3. The van der Waals surface area contributed by atoms with Crippen molar-refractivity contribution in [2.45, 2.75) is 26.4 Å². The van der Waals surface area contributed by atoms with Crippen LogP contribution in [0.25, 0.3) is 0 Å². The number of aliphatic hydroxyl groups excluding tert-OH is 1. The second-order valence-corrected chi connectivity index (χ2v) is 4.74. The average molecular weight is 234 g/mol. The number of carbonyl (C=O) groups is 1. The number of hydrogen-bond acceptors (Lipinski definition) is 4. The van der Waals surface area contributed by atoms with Crippen molar-refractivity contribution >= 4 is 11.6 Å². The van der Waals surface area contributed by atoms with Gasteiger partial charge in [0, 0.05) is 24.8 Å². The zero-order valence-electron chi connectivity index (χ0n) is 10.3. The first-order chi connectivity index (χ1) is 8.08. The van der Waals surface area contributed by atoms with Gasteiger partial charge < -0.3 is 10.0 Å². The van der Waals surface area contributed by atoms with E-state index in [9.17, 15) is 9.90 Å². The molecule has 0 aliphatic carbocycles. The average Bonchev–Trinajstić information content (AvgIpc) is 2.33. The van der Waals surface area contributed by atoms with Gasteiger partial charge in [0.1, 0.15) is 5.82 Å². The molecule has 0 bridgehead atoms. The summed E-state index contributed by atoms with van der Waals surface area (Å²) in [6, 6.07) is 3.63. The number of aromatic nitrogens is 1. The van der Waals surface area contributed by atoms with E-state index in [0.717, 1.165) is 18.8 Å². The number of anilines is 1. The van der Waals surface area contributed by atoms with E-state index in [1.165, 1.54) is 6.92 Å². The van der Waals surface area contributed by atoms with Crippen molar-refractivity contribution in [1.82, 2.24) is 4.98 Å². The monoisotopic (exact) mass is 234 g/mol. The molecule has 0 amide bonds. The number of pyridine rings is 1. The lowest BCUT2D eigenvalue weighted by atomic mass is 9.96. The van der Waals surface area contributed by atoms with Gasteiger partial charge in [-0.1, -0.05) is 6.92 Å². The Labute approximate surface area is 101 Å². The van der Waals surface area contributed by atoms with Gasteiger partial charge in [0.15, 0.2) is 5.78 Å². The summed E-state index contributed by atoms with van der Waals surface area (Å²) in [6.45, 7) is 5.12. The molecule has 1 N–H and O–H groups in total. The minimum atomic E-state index is -0.293. The predicted molar refractivity (Wildman–Crippen MR) is 66.2 cm³/mol. The first-order valence-electron chi connectivity index (χ1n) is 5.98. The van der Waals surface area contributed by atoms with E-state index in [2.05, 4.69) is 16.8 Å². The highest BCUT2D eigenvalue weighted by atomic mass is 16.3. The largest absolute Gasteiger partial charge is 0.391 e. The summed E-state index contributed by atoms with van der Waals surface area (Å²) in [4.78, 5) is 17.5. The standard InChI is InChI=1S/C13H18N2O2/c1-9-5-6-15(8-12(9)17)13-4-3-11(7-14-13)10(2)16/h3-4,7,9,12,17H,5-6,8H2,1-2H3. The van der Waals surface area contributed by atoms with E-state index in [4.69, 9.17) is 0 Å². The van der Waals surface area contributed by atoms with Crippen LogP contribution in [0.1, 0.15) is 30.6 Å². The van der Waals surface area contributed by atoms with Gasteiger partial charge in [-0.15, -0.1) is 0 Å². The predicted octanol–water partition coefficient (Wildman–Crippen LogP) is 1.49. The van der Waals surface area contributed by atoms with E-state index >= 15 is 0 Å². The van der Waals surface area contributed by atoms with Crippen LogP contribution in [-0.4, -0.2) is 35.1 Å². The molecule has 0 spiro atoms. The molecule has 1 aliphatic heterocycles. The molecule has 1 aromatic rings. The van der Waals surface area contributed by atoms with Crippen molar-refractivity contribution in [3.63, 3.8) is 0 Å². The Balaban J connectivity index is 2.10. The fourth-order valence-corrected chi connectivity index (χ4v) is 2.04. The van der Waals surface area contributed by atoms with Crippen LogP contribution in [0.3, 0.4) is 0 Å². The molecule has 1 aliphatic rings. The molecule has 4 heteroatoms. The van der Waals surface area contributed by atoms with Crippen molar-refractivity contribution in [1.29, 1.82) is 0 Å². The SMILES string of the molecule is CC(=O)c1ccc(N2CCC(C)C(O)C2)nc1. The number of carbonyl (C=O) groups excluding carboxylic acids is 1. The Kier molecular flexibility index (Phi) is 3.43. The Hall–Kier alpha value is -1.42. The van der Waals surface area contributed by atoms with Gasteiger partial charge >= 0.3 is 0 Å². The lowest BCUT2D eigenvalue weighted by Crippen LogP contribution is -2.43. The van der Waals surface area contributed by atoms with Gasteiger partial charge in [-0.25, -0.2) is 4.98 Å². The van der Waals surface area contributed by atoms with Crippen LogP contribution < -0.4 is 4.90 Å². The van der Waals surface area contributed by atoms with Gasteiger partial charge in [-0.2, -0.15) is 0 Å². The Morgan fingerprint density at radius 3 is 2.82 bits per heavy atom. The summed E-state index contributed by atoms with van der Waals surface area (Å²) in [7, 11) is 0. The van der Waals surface area contributed by atoms with Gasteiger partial charge in [0.2, 0.25) is 0 Å². The maximum atomic E-state index is 11.1. The topological polar surface area (TPSA) is 53.4 Å². The van der Waals surface area contributed by atoms with E-state index in [0.29, 0.717) is 18.0 Å². The molecule has 2 atom stereocenters. The Bertz CT molecular complexity index is 402. The van der Waals surface area contributed by atoms with E-state index < -0.39 is 0 Å². The van der Waals surface area contributed by atoms with Crippen molar-refractivity contribution in [2.75, 3.05) is 18.0 Å². The molecule has 1 fully saturated rings. The highest BCUT2D eigenvalue weighted by molar-refractivity contribution is 5.93. The molecule has 0 radical (unpaired) electrons. The van der Waals surface area contributed by atoms with Crippen LogP contribution in [0.15, 0.2) is 18.3 Å². The van der Waals surface area contributed by atoms with E-state index in [1.807, 2.05) is 6.07 Å². The van der Waals surface area contributed by atoms with Gasteiger partial charge in [-0.05, 0) is 31.4 Å². The van der Waals surface area contributed by atoms with Crippen LogP contribution in [0, 0.1) is 5.92 Å². The highest BCUT2D eigenvalue weighted by Crippen LogP contribution is 2.21. The van der Waals surface area contributed by atoms with Crippen molar-refractivity contribution in [3.05, 3.63) is 23.9 Å².